The molecule has 0 saturated heterocycles. The van der Waals surface area contributed by atoms with E-state index >= 15 is 4.39 Å². The van der Waals surface area contributed by atoms with E-state index in [1.807, 2.05) is 0 Å². The smallest absolute Gasteiger partial charge is 0.307 e. The topological polar surface area (TPSA) is 61.4 Å². The molecule has 0 fully saturated rings. The van der Waals surface area contributed by atoms with E-state index in [0.717, 1.165) is 0 Å². The molecule has 2 aromatic rings. The maximum Gasteiger partial charge on any atom is 0.307 e. The number of hydrogen-bond acceptors (Lipinski definition) is 4. The summed E-state index contributed by atoms with van der Waals surface area (Å²) < 4.78 is 35.2. The number of nitrogens with one attached hydrogen (secondary N) is 1. The summed E-state index contributed by atoms with van der Waals surface area (Å²) in [4.78, 5) is 12.2. The Morgan fingerprint density at radius 2 is 1.87 bits per heavy atom. The molecule has 2 atom stereocenters. The summed E-state index contributed by atoms with van der Waals surface area (Å²) in [6.07, 6.45) is -0.175. The standard InChI is InChI=1S/C22H26Cl2FNO3S/c1-6-29-19(27)12-18(26-30(28)22(3,4)5)15-11-14(10-13(2)21(15)25)20-16(23)8-7-9-17(20)24/h7-11,18,26H,6,12H2,1-5H3. The fourth-order valence-electron chi connectivity index (χ4n) is 2.88. The molecule has 2 aromatic carbocycles. The lowest BCUT2D eigenvalue weighted by molar-refractivity contribution is -0.143. The van der Waals surface area contributed by atoms with Gasteiger partial charge in [0.2, 0.25) is 0 Å². The van der Waals surface area contributed by atoms with Gasteiger partial charge in [-0.05, 0) is 70.0 Å². The fourth-order valence-corrected chi connectivity index (χ4v) is 4.31. The molecule has 30 heavy (non-hydrogen) atoms. The van der Waals surface area contributed by atoms with Crippen molar-refractivity contribution < 1.29 is 18.5 Å². The van der Waals surface area contributed by atoms with Gasteiger partial charge in [-0.25, -0.2) is 4.39 Å². The highest BCUT2D eigenvalue weighted by atomic mass is 35.5. The van der Waals surface area contributed by atoms with Crippen LogP contribution in [0.2, 0.25) is 10.0 Å². The average molecular weight is 474 g/mol. The number of ether oxygens (including phenoxy) is 1. The molecule has 2 unspecified atom stereocenters. The first kappa shape index (κ1) is 25.0. The number of aryl methyl sites for hydroxylation is 1. The molecule has 0 aromatic heterocycles. The van der Waals surface area contributed by atoms with Gasteiger partial charge in [0.25, 0.3) is 0 Å². The predicted molar refractivity (Wildman–Crippen MR) is 122 cm³/mol. The van der Waals surface area contributed by atoms with E-state index < -0.39 is 33.9 Å². The molecule has 164 valence electrons. The van der Waals surface area contributed by atoms with Crippen molar-refractivity contribution in [2.24, 2.45) is 0 Å². The second-order valence-electron chi connectivity index (χ2n) is 7.85. The summed E-state index contributed by atoms with van der Waals surface area (Å²) in [6.45, 7) is 8.88. The van der Waals surface area contributed by atoms with Crippen LogP contribution in [0.15, 0.2) is 30.3 Å². The lowest BCUT2D eigenvalue weighted by Crippen LogP contribution is -2.42. The number of halogens is 3. The Bertz CT molecular complexity index is 898. The summed E-state index contributed by atoms with van der Waals surface area (Å²) in [5.74, 6) is -1.01. The van der Waals surface area contributed by atoms with Crippen molar-refractivity contribution in [2.45, 2.75) is 51.8 Å². The Morgan fingerprint density at radius 3 is 2.40 bits per heavy atom. The molecule has 0 heterocycles. The highest BCUT2D eigenvalue weighted by Crippen LogP contribution is 2.38. The molecule has 1 N–H and O–H groups in total. The highest BCUT2D eigenvalue weighted by molar-refractivity contribution is 7.90. The summed E-state index contributed by atoms with van der Waals surface area (Å²) in [5, 5.41) is 0.847. The van der Waals surface area contributed by atoms with Crippen molar-refractivity contribution >= 4 is 40.5 Å². The summed E-state index contributed by atoms with van der Waals surface area (Å²) >= 11 is 11.1. The Kier molecular flexibility index (Phi) is 8.60. The first-order valence-corrected chi connectivity index (χ1v) is 11.4. The quantitative estimate of drug-likeness (QED) is 0.386. The SMILES string of the molecule is CCOC(=O)CC(N[S+]([O-])C(C)(C)C)c1cc(-c2c(Cl)cccc2Cl)cc(C)c1F. The molecule has 0 spiro atoms. The summed E-state index contributed by atoms with van der Waals surface area (Å²) in [6, 6.07) is 7.50. The normalized spacial score (nSPS) is 13.8. The summed E-state index contributed by atoms with van der Waals surface area (Å²) in [5.41, 5.74) is 1.73. The number of hydrogen-bond donors (Lipinski definition) is 1. The molecule has 0 aliphatic rings. The minimum absolute atomic E-state index is 0.175. The van der Waals surface area contributed by atoms with Crippen LogP contribution in [0, 0.1) is 12.7 Å². The van der Waals surface area contributed by atoms with Crippen LogP contribution in [-0.2, 0) is 20.9 Å². The Hall–Kier alpha value is -1.31. The Morgan fingerprint density at radius 1 is 1.27 bits per heavy atom. The monoisotopic (exact) mass is 473 g/mol. The van der Waals surface area contributed by atoms with E-state index in [0.29, 0.717) is 26.7 Å². The van der Waals surface area contributed by atoms with Gasteiger partial charge in [-0.3, -0.25) is 4.79 Å². The zero-order chi connectivity index (χ0) is 22.6. The molecule has 0 radical (unpaired) electrons. The predicted octanol–water partition coefficient (Wildman–Crippen LogP) is 6.15. The fraction of sp³-hybridized carbons (Fsp3) is 0.409. The van der Waals surface area contributed by atoms with Crippen LogP contribution in [0.1, 0.15) is 51.3 Å². The van der Waals surface area contributed by atoms with Gasteiger partial charge < -0.3 is 9.29 Å². The van der Waals surface area contributed by atoms with Gasteiger partial charge in [0.1, 0.15) is 10.6 Å². The maximum atomic E-state index is 15.2. The largest absolute Gasteiger partial charge is 0.598 e. The molecule has 0 aliphatic carbocycles. The van der Waals surface area contributed by atoms with Gasteiger partial charge in [-0.15, -0.1) is 4.72 Å². The molecule has 0 bridgehead atoms. The third-order valence-electron chi connectivity index (χ3n) is 4.39. The van der Waals surface area contributed by atoms with Crippen molar-refractivity contribution in [3.63, 3.8) is 0 Å². The van der Waals surface area contributed by atoms with Crippen LogP contribution in [0.25, 0.3) is 11.1 Å². The molecule has 4 nitrogen and oxygen atoms in total. The minimum Gasteiger partial charge on any atom is -0.598 e. The van der Waals surface area contributed by atoms with E-state index in [1.54, 1.807) is 65.0 Å². The van der Waals surface area contributed by atoms with Gasteiger partial charge in [-0.2, -0.15) is 0 Å². The molecule has 0 aliphatic heterocycles. The molecule has 0 saturated carbocycles. The Labute approximate surface area is 190 Å². The van der Waals surface area contributed by atoms with E-state index in [-0.39, 0.29) is 18.6 Å². The highest BCUT2D eigenvalue weighted by Gasteiger charge is 2.33. The van der Waals surface area contributed by atoms with Crippen LogP contribution in [0.5, 0.6) is 0 Å². The average Bonchev–Trinajstić information content (AvgIpc) is 2.63. The number of rotatable bonds is 7. The van der Waals surface area contributed by atoms with E-state index in [9.17, 15) is 9.35 Å². The third-order valence-corrected chi connectivity index (χ3v) is 6.63. The summed E-state index contributed by atoms with van der Waals surface area (Å²) in [7, 11) is 0. The van der Waals surface area contributed by atoms with Crippen molar-refractivity contribution in [1.29, 1.82) is 0 Å². The Balaban J connectivity index is 2.58. The van der Waals surface area contributed by atoms with Gasteiger partial charge >= 0.3 is 5.97 Å². The zero-order valence-corrected chi connectivity index (χ0v) is 20.0. The maximum absolute atomic E-state index is 15.2. The molecular weight excluding hydrogens is 448 g/mol. The second kappa shape index (κ2) is 10.3. The van der Waals surface area contributed by atoms with Crippen LogP contribution >= 0.6 is 23.2 Å². The van der Waals surface area contributed by atoms with Crippen molar-refractivity contribution in [3.8, 4) is 11.1 Å². The van der Waals surface area contributed by atoms with Gasteiger partial charge in [-0.1, -0.05) is 29.3 Å². The van der Waals surface area contributed by atoms with Crippen LogP contribution < -0.4 is 4.72 Å². The van der Waals surface area contributed by atoms with Crippen molar-refractivity contribution in [3.05, 3.63) is 57.3 Å². The number of carbonyl (C=O) groups excluding carboxylic acids is 1. The minimum atomic E-state index is -1.54. The third kappa shape index (κ3) is 6.11. The lowest BCUT2D eigenvalue weighted by Gasteiger charge is -2.28. The molecule has 8 heteroatoms. The number of carbonyl (C=O) groups is 1. The van der Waals surface area contributed by atoms with E-state index in [2.05, 4.69) is 4.72 Å². The lowest BCUT2D eigenvalue weighted by atomic mass is 9.95. The van der Waals surface area contributed by atoms with Crippen molar-refractivity contribution in [1.82, 2.24) is 4.72 Å². The van der Waals surface area contributed by atoms with Gasteiger partial charge in [0.05, 0.1) is 19.1 Å². The van der Waals surface area contributed by atoms with E-state index in [4.69, 9.17) is 27.9 Å². The first-order valence-electron chi connectivity index (χ1n) is 9.53. The number of benzene rings is 2. The molecule has 2 rings (SSSR count). The van der Waals surface area contributed by atoms with Gasteiger partial charge in [0.15, 0.2) is 0 Å². The van der Waals surface area contributed by atoms with Crippen LogP contribution in [0.3, 0.4) is 0 Å². The molecule has 0 amide bonds. The first-order chi connectivity index (χ1) is 14.0. The van der Waals surface area contributed by atoms with E-state index in [1.165, 1.54) is 0 Å². The second-order valence-corrected chi connectivity index (χ2v) is 10.7. The number of esters is 1. The van der Waals surface area contributed by atoms with Gasteiger partial charge in [0, 0.05) is 32.5 Å². The zero-order valence-electron chi connectivity index (χ0n) is 17.6. The van der Waals surface area contributed by atoms with Crippen LogP contribution in [0.4, 0.5) is 4.39 Å². The molecular formula is C22H26Cl2FNO3S. The van der Waals surface area contributed by atoms with Crippen LogP contribution in [-0.4, -0.2) is 21.9 Å². The van der Waals surface area contributed by atoms with Crippen molar-refractivity contribution in [2.75, 3.05) is 6.61 Å².